The molecule has 9 nitrogen and oxygen atoms in total. The number of alkyl halides is 3. The molecule has 2 aromatic rings. The van der Waals surface area contributed by atoms with Gasteiger partial charge >= 0.3 is 6.18 Å². The minimum Gasteiger partial charge on any atom is -0.374 e. The van der Waals surface area contributed by atoms with Crippen LogP contribution >= 0.6 is 11.3 Å². The van der Waals surface area contributed by atoms with Crippen LogP contribution in [0, 0.1) is 5.41 Å². The zero-order valence-corrected chi connectivity index (χ0v) is 19.6. The summed E-state index contributed by atoms with van der Waals surface area (Å²) in [5.41, 5.74) is 0.312. The lowest BCUT2D eigenvalue weighted by Crippen LogP contribution is -2.66. The van der Waals surface area contributed by atoms with Crippen molar-refractivity contribution in [3.8, 4) is 0 Å². The van der Waals surface area contributed by atoms with Crippen molar-refractivity contribution >= 4 is 38.2 Å². The molecule has 0 saturated heterocycles. The smallest absolute Gasteiger partial charge is 0.374 e. The average Bonchev–Trinajstić information content (AvgIpc) is 3.24. The summed E-state index contributed by atoms with van der Waals surface area (Å²) in [6.45, 7) is 3.12. The van der Waals surface area contributed by atoms with Crippen LogP contribution in [0.3, 0.4) is 0 Å². The van der Waals surface area contributed by atoms with Crippen LogP contribution in [0.5, 0.6) is 0 Å². The molecule has 14 heteroatoms. The monoisotopic (exact) mass is 515 g/mol. The Bertz CT molecular complexity index is 1300. The number of nitrogen functional groups attached to an aromatic ring is 1. The Morgan fingerprint density at radius 2 is 1.79 bits per heavy atom. The second-order valence-electron chi connectivity index (χ2n) is 8.90. The SMILES string of the molecule is CC1(C)CC(=O)C2=C(C1)N(Cc1ccccc1)C(=O)C2(NS(=O)(=O)c1nnc(N)s1)C(F)(F)F. The first-order valence-electron chi connectivity index (χ1n) is 10.0. The lowest BCUT2D eigenvalue weighted by atomic mass is 9.72. The number of hydrogen-bond donors (Lipinski definition) is 2. The van der Waals surface area contributed by atoms with E-state index in [1.54, 1.807) is 44.2 Å². The van der Waals surface area contributed by atoms with Crippen LogP contribution in [-0.2, 0) is 26.2 Å². The van der Waals surface area contributed by atoms with Crippen molar-refractivity contribution in [1.82, 2.24) is 19.8 Å². The third kappa shape index (κ3) is 3.88. The highest BCUT2D eigenvalue weighted by molar-refractivity contribution is 7.91. The number of rotatable bonds is 5. The van der Waals surface area contributed by atoms with E-state index >= 15 is 0 Å². The van der Waals surface area contributed by atoms with Crippen LogP contribution in [0.1, 0.15) is 32.3 Å². The van der Waals surface area contributed by atoms with Crippen LogP contribution in [0.2, 0.25) is 0 Å². The Labute approximate surface area is 196 Å². The first kappa shape index (κ1) is 24.3. The number of nitrogens with one attached hydrogen (secondary N) is 1. The standard InChI is InChI=1S/C20H20F3N5O4S2/c1-18(2)8-12-14(13(29)9-18)19(20(21,22)23,27-34(31,32)17-26-25-16(24)33-17)15(30)28(12)10-11-6-4-3-5-7-11/h3-7,27H,8-10H2,1-2H3,(H2,24,25). The maximum absolute atomic E-state index is 14.7. The number of ketones is 1. The minimum atomic E-state index is -5.48. The zero-order valence-electron chi connectivity index (χ0n) is 18.0. The molecular weight excluding hydrogens is 495 g/mol. The summed E-state index contributed by atoms with van der Waals surface area (Å²) < 4.78 is 70.7. The Balaban J connectivity index is 1.92. The van der Waals surface area contributed by atoms with Crippen molar-refractivity contribution in [2.24, 2.45) is 5.41 Å². The van der Waals surface area contributed by atoms with E-state index in [-0.39, 0.29) is 30.2 Å². The molecule has 0 radical (unpaired) electrons. The van der Waals surface area contributed by atoms with Gasteiger partial charge in [-0.3, -0.25) is 9.59 Å². The first-order valence-corrected chi connectivity index (χ1v) is 12.3. The molecule has 4 rings (SSSR count). The van der Waals surface area contributed by atoms with Gasteiger partial charge in [0.1, 0.15) is 0 Å². The topological polar surface area (TPSA) is 135 Å². The maximum Gasteiger partial charge on any atom is 0.421 e. The zero-order chi connectivity index (χ0) is 25.1. The number of aromatic nitrogens is 2. The Hall–Kier alpha value is -2.84. The van der Waals surface area contributed by atoms with Gasteiger partial charge < -0.3 is 10.6 Å². The quantitative estimate of drug-likeness (QED) is 0.624. The van der Waals surface area contributed by atoms with E-state index in [4.69, 9.17) is 5.73 Å². The summed E-state index contributed by atoms with van der Waals surface area (Å²) in [6.07, 6.45) is -5.79. The van der Waals surface area contributed by atoms with Crippen LogP contribution in [-0.4, -0.2) is 46.9 Å². The Kier molecular flexibility index (Phi) is 5.61. The predicted octanol–water partition coefficient (Wildman–Crippen LogP) is 2.39. The van der Waals surface area contributed by atoms with Gasteiger partial charge in [-0.05, 0) is 17.4 Å². The van der Waals surface area contributed by atoms with Gasteiger partial charge in [0, 0.05) is 12.1 Å². The highest BCUT2D eigenvalue weighted by Gasteiger charge is 2.72. The first-order chi connectivity index (χ1) is 15.7. The fourth-order valence-electron chi connectivity index (χ4n) is 4.30. The van der Waals surface area contributed by atoms with Crippen LogP contribution in [0.4, 0.5) is 18.3 Å². The molecule has 0 bridgehead atoms. The maximum atomic E-state index is 14.7. The van der Waals surface area contributed by atoms with Crippen molar-refractivity contribution in [1.29, 1.82) is 0 Å². The number of halogens is 3. The summed E-state index contributed by atoms with van der Waals surface area (Å²) in [6, 6.07) is 8.24. The van der Waals surface area contributed by atoms with E-state index in [1.807, 2.05) is 0 Å². The van der Waals surface area contributed by atoms with Crippen molar-refractivity contribution in [2.75, 3.05) is 5.73 Å². The largest absolute Gasteiger partial charge is 0.421 e. The van der Waals surface area contributed by atoms with Gasteiger partial charge in [0.2, 0.25) is 15.0 Å². The van der Waals surface area contributed by atoms with Crippen LogP contribution in [0.15, 0.2) is 45.9 Å². The average molecular weight is 516 g/mol. The lowest BCUT2D eigenvalue weighted by Gasteiger charge is -2.35. The molecule has 2 aliphatic rings. The molecule has 0 spiro atoms. The molecule has 1 aliphatic heterocycles. The molecule has 0 saturated carbocycles. The molecule has 1 unspecified atom stereocenters. The molecule has 1 atom stereocenters. The van der Waals surface area contributed by atoms with Crippen molar-refractivity contribution in [2.45, 2.75) is 49.3 Å². The molecule has 3 N–H and O–H groups in total. The molecule has 2 heterocycles. The van der Waals surface area contributed by atoms with Gasteiger partial charge in [0.15, 0.2) is 5.78 Å². The highest BCUT2D eigenvalue weighted by Crippen LogP contribution is 2.52. The number of sulfonamides is 1. The van der Waals surface area contributed by atoms with E-state index in [2.05, 4.69) is 10.2 Å². The number of amides is 1. The fourth-order valence-corrected chi connectivity index (χ4v) is 6.41. The minimum absolute atomic E-state index is 0.0298. The molecule has 1 aromatic carbocycles. The van der Waals surface area contributed by atoms with Gasteiger partial charge in [0.25, 0.3) is 15.9 Å². The van der Waals surface area contributed by atoms with Crippen molar-refractivity contribution in [3.05, 3.63) is 47.2 Å². The molecular formula is C20H20F3N5O4S2. The normalized spacial score (nSPS) is 22.9. The molecule has 182 valence electrons. The van der Waals surface area contributed by atoms with E-state index < -0.39 is 48.8 Å². The van der Waals surface area contributed by atoms with Gasteiger partial charge in [0.05, 0.1) is 12.1 Å². The van der Waals surface area contributed by atoms with Gasteiger partial charge in [-0.15, -0.1) is 10.2 Å². The van der Waals surface area contributed by atoms with Crippen LogP contribution < -0.4 is 10.5 Å². The van der Waals surface area contributed by atoms with E-state index in [0.717, 1.165) is 4.90 Å². The van der Waals surface area contributed by atoms with Gasteiger partial charge in [-0.2, -0.15) is 17.9 Å². The molecule has 1 amide bonds. The number of anilines is 1. The molecule has 1 aromatic heterocycles. The summed E-state index contributed by atoms with van der Waals surface area (Å²) in [5.74, 6) is -2.55. The number of hydrogen-bond acceptors (Lipinski definition) is 8. The summed E-state index contributed by atoms with van der Waals surface area (Å²) in [7, 11) is -5.04. The lowest BCUT2D eigenvalue weighted by molar-refractivity contribution is -0.189. The van der Waals surface area contributed by atoms with E-state index in [9.17, 15) is 31.2 Å². The molecule has 0 fully saturated rings. The van der Waals surface area contributed by atoms with Crippen molar-refractivity contribution < 1.29 is 31.2 Å². The summed E-state index contributed by atoms with van der Waals surface area (Å²) in [5, 5.41) is 6.33. The second-order valence-corrected chi connectivity index (χ2v) is 11.8. The number of allylic oxidation sites excluding steroid dienone is 1. The predicted molar refractivity (Wildman–Crippen MR) is 115 cm³/mol. The summed E-state index contributed by atoms with van der Waals surface area (Å²) in [4.78, 5) is 27.5. The number of carbonyl (C=O) groups excluding carboxylic acids is 2. The Morgan fingerprint density at radius 1 is 1.15 bits per heavy atom. The summed E-state index contributed by atoms with van der Waals surface area (Å²) >= 11 is 0.334. The number of nitrogens with zero attached hydrogens (tertiary/aromatic N) is 3. The number of Topliss-reactive ketones (excluding diaryl/α,β-unsaturated/α-hetero) is 1. The molecule has 34 heavy (non-hydrogen) atoms. The number of nitrogens with two attached hydrogens (primary N) is 1. The molecule has 1 aliphatic carbocycles. The second kappa shape index (κ2) is 7.85. The van der Waals surface area contributed by atoms with Gasteiger partial charge in [-0.1, -0.05) is 55.5 Å². The van der Waals surface area contributed by atoms with Crippen LogP contribution in [0.25, 0.3) is 0 Å². The highest BCUT2D eigenvalue weighted by atomic mass is 32.2. The third-order valence-electron chi connectivity index (χ3n) is 5.67. The number of carbonyl (C=O) groups is 2. The van der Waals surface area contributed by atoms with E-state index in [1.165, 1.54) is 4.72 Å². The fraction of sp³-hybridized carbons (Fsp3) is 0.400. The number of benzene rings is 1. The van der Waals surface area contributed by atoms with Gasteiger partial charge in [-0.25, -0.2) is 8.42 Å². The van der Waals surface area contributed by atoms with E-state index in [0.29, 0.717) is 16.9 Å². The third-order valence-corrected chi connectivity index (χ3v) is 8.24. The van der Waals surface area contributed by atoms with Crippen molar-refractivity contribution in [3.63, 3.8) is 0 Å². The Morgan fingerprint density at radius 3 is 2.35 bits per heavy atom.